The summed E-state index contributed by atoms with van der Waals surface area (Å²) in [6.45, 7) is 5.49. The molecule has 0 aromatic carbocycles. The van der Waals surface area contributed by atoms with E-state index in [9.17, 15) is 4.79 Å². The molecular formula is C19H25N3O4. The first-order valence-corrected chi connectivity index (χ1v) is 9.28. The maximum atomic E-state index is 12.3. The molecule has 2 aliphatic rings. The number of aryl methyl sites for hydroxylation is 1. The number of hydrogen-bond acceptors (Lipinski definition) is 5. The number of hydrogen-bond donors (Lipinski definition) is 1. The quantitative estimate of drug-likeness (QED) is 0.886. The molecule has 1 N–H and O–H groups in total. The van der Waals surface area contributed by atoms with Crippen LogP contribution in [0.2, 0.25) is 0 Å². The summed E-state index contributed by atoms with van der Waals surface area (Å²) in [5, 5.41) is 7.66. The monoisotopic (exact) mass is 359 g/mol. The van der Waals surface area contributed by atoms with Gasteiger partial charge < -0.3 is 19.2 Å². The molecule has 0 saturated carbocycles. The van der Waals surface area contributed by atoms with Crippen LogP contribution in [0.25, 0.3) is 0 Å². The number of carbonyl (C=O) groups excluding carboxylic acids is 1. The summed E-state index contributed by atoms with van der Waals surface area (Å²) in [5.74, 6) is 0.752. The normalized spacial score (nSPS) is 20.7. The van der Waals surface area contributed by atoms with Crippen LogP contribution in [0.3, 0.4) is 0 Å². The molecule has 7 nitrogen and oxygen atoms in total. The molecule has 1 saturated heterocycles. The largest absolute Gasteiger partial charge is 0.459 e. The summed E-state index contributed by atoms with van der Waals surface area (Å²) in [4.78, 5) is 12.3. The second kappa shape index (κ2) is 7.63. The molecule has 4 heterocycles. The van der Waals surface area contributed by atoms with Crippen LogP contribution < -0.4 is 5.32 Å². The summed E-state index contributed by atoms with van der Waals surface area (Å²) in [6, 6.07) is 1.78. The lowest BCUT2D eigenvalue weighted by Gasteiger charge is -2.22. The number of nitrogens with zero attached hydrogens (tertiary/aromatic N) is 2. The van der Waals surface area contributed by atoms with Crippen molar-refractivity contribution in [2.45, 2.75) is 38.8 Å². The van der Waals surface area contributed by atoms with Gasteiger partial charge in [-0.1, -0.05) is 0 Å². The molecule has 0 aliphatic carbocycles. The Morgan fingerprint density at radius 1 is 1.35 bits per heavy atom. The predicted octanol–water partition coefficient (Wildman–Crippen LogP) is 2.25. The summed E-state index contributed by atoms with van der Waals surface area (Å²) in [7, 11) is 0. The van der Waals surface area contributed by atoms with E-state index in [1.165, 1.54) is 11.8 Å². The Hall–Kier alpha value is -2.12. The highest BCUT2D eigenvalue weighted by atomic mass is 16.5. The zero-order valence-corrected chi connectivity index (χ0v) is 15.1. The minimum Gasteiger partial charge on any atom is -0.459 e. The molecule has 0 radical (unpaired) electrons. The summed E-state index contributed by atoms with van der Waals surface area (Å²) in [6.07, 6.45) is 6.49. The van der Waals surface area contributed by atoms with Gasteiger partial charge in [0.25, 0.3) is 5.91 Å². The van der Waals surface area contributed by atoms with Crippen molar-refractivity contribution in [3.8, 4) is 0 Å². The van der Waals surface area contributed by atoms with Gasteiger partial charge in [-0.3, -0.25) is 9.48 Å². The van der Waals surface area contributed by atoms with Crippen LogP contribution in [0, 0.1) is 12.8 Å². The van der Waals surface area contributed by atoms with Crippen LogP contribution in [0.4, 0.5) is 0 Å². The highest BCUT2D eigenvalue weighted by molar-refractivity contribution is 5.92. The smallest absolute Gasteiger partial charge is 0.287 e. The molecule has 140 valence electrons. The fraction of sp³-hybridized carbons (Fsp3) is 0.579. The number of nitrogens with one attached hydrogen (secondary N) is 1. The number of amides is 1. The maximum Gasteiger partial charge on any atom is 0.287 e. The van der Waals surface area contributed by atoms with Gasteiger partial charge in [0.1, 0.15) is 6.10 Å². The lowest BCUT2D eigenvalue weighted by atomic mass is 10.0. The first-order valence-electron chi connectivity index (χ1n) is 9.28. The Kier molecular flexibility index (Phi) is 5.08. The van der Waals surface area contributed by atoms with Gasteiger partial charge in [-0.15, -0.1) is 0 Å². The van der Waals surface area contributed by atoms with E-state index in [1.54, 1.807) is 6.07 Å². The van der Waals surface area contributed by atoms with Crippen molar-refractivity contribution in [1.29, 1.82) is 0 Å². The first kappa shape index (κ1) is 17.3. The molecule has 1 amide bonds. The number of aromatic nitrogens is 2. The second-order valence-electron chi connectivity index (χ2n) is 7.07. The molecule has 1 fully saturated rings. The minimum atomic E-state index is -0.218. The van der Waals surface area contributed by atoms with Crippen molar-refractivity contribution in [2.24, 2.45) is 5.92 Å². The van der Waals surface area contributed by atoms with E-state index < -0.39 is 0 Å². The molecule has 1 atom stereocenters. The molecule has 2 aromatic rings. The van der Waals surface area contributed by atoms with Crippen LogP contribution in [0.5, 0.6) is 0 Å². The van der Waals surface area contributed by atoms with E-state index >= 15 is 0 Å². The van der Waals surface area contributed by atoms with Crippen molar-refractivity contribution in [1.82, 2.24) is 15.1 Å². The van der Waals surface area contributed by atoms with E-state index in [-0.39, 0.29) is 12.0 Å². The summed E-state index contributed by atoms with van der Waals surface area (Å²) >= 11 is 0. The molecule has 2 aliphatic heterocycles. The Morgan fingerprint density at radius 3 is 2.96 bits per heavy atom. The van der Waals surface area contributed by atoms with Crippen LogP contribution in [0.1, 0.15) is 46.3 Å². The number of fused-ring (bicyclic) bond motifs is 1. The van der Waals surface area contributed by atoms with Crippen molar-refractivity contribution >= 4 is 5.91 Å². The third-order valence-corrected chi connectivity index (χ3v) is 5.17. The first-order chi connectivity index (χ1) is 12.7. The van der Waals surface area contributed by atoms with Gasteiger partial charge >= 0.3 is 0 Å². The Bertz CT molecular complexity index is 761. The molecule has 26 heavy (non-hydrogen) atoms. The lowest BCUT2D eigenvalue weighted by Crippen LogP contribution is -2.32. The average molecular weight is 359 g/mol. The average Bonchev–Trinajstić information content (AvgIpc) is 3.26. The number of rotatable bonds is 5. The van der Waals surface area contributed by atoms with E-state index in [0.29, 0.717) is 24.8 Å². The molecule has 0 bridgehead atoms. The molecule has 0 unspecified atom stereocenters. The van der Waals surface area contributed by atoms with E-state index in [2.05, 4.69) is 11.5 Å². The molecule has 2 aromatic heterocycles. The third-order valence-electron chi connectivity index (χ3n) is 5.17. The fourth-order valence-electron chi connectivity index (χ4n) is 3.65. The van der Waals surface area contributed by atoms with Crippen molar-refractivity contribution in [3.63, 3.8) is 0 Å². The topological polar surface area (TPSA) is 78.5 Å². The van der Waals surface area contributed by atoms with Crippen LogP contribution in [-0.4, -0.2) is 42.1 Å². The molecular weight excluding hydrogens is 334 g/mol. The van der Waals surface area contributed by atoms with Crippen molar-refractivity contribution < 1.29 is 18.7 Å². The van der Waals surface area contributed by atoms with E-state index in [0.717, 1.165) is 50.3 Å². The van der Waals surface area contributed by atoms with Gasteiger partial charge in [-0.2, -0.15) is 5.10 Å². The fourth-order valence-corrected chi connectivity index (χ4v) is 3.65. The van der Waals surface area contributed by atoms with Crippen LogP contribution in [0.15, 0.2) is 22.9 Å². The standard InChI is InChI=1S/C19H25N3O4/c1-13-2-8-26-18(13)19(23)20-10-16-17-15(5-9-25-16)12-22(21-17)11-14-3-6-24-7-4-14/h2,8,12,14,16H,3-7,9-11H2,1H3,(H,20,23)/t16-/m0/s1. The summed E-state index contributed by atoms with van der Waals surface area (Å²) < 4.78 is 18.6. The number of furan rings is 1. The van der Waals surface area contributed by atoms with Gasteiger partial charge in [-0.25, -0.2) is 0 Å². The Morgan fingerprint density at radius 2 is 2.19 bits per heavy atom. The highest BCUT2D eigenvalue weighted by Crippen LogP contribution is 2.26. The number of ether oxygens (including phenoxy) is 2. The minimum absolute atomic E-state index is 0.214. The van der Waals surface area contributed by atoms with E-state index in [1.807, 2.05) is 11.6 Å². The van der Waals surface area contributed by atoms with Crippen molar-refractivity contribution in [3.05, 3.63) is 41.1 Å². The predicted molar refractivity (Wildman–Crippen MR) is 93.9 cm³/mol. The zero-order chi connectivity index (χ0) is 17.9. The third kappa shape index (κ3) is 3.68. The van der Waals surface area contributed by atoms with Gasteiger partial charge in [-0.05, 0) is 43.7 Å². The SMILES string of the molecule is Cc1ccoc1C(=O)NC[C@@H]1OCCc2cn(CC3CCOCC3)nc21. The molecule has 4 rings (SSSR count). The molecule has 0 spiro atoms. The van der Waals surface area contributed by atoms with Gasteiger partial charge in [0.05, 0.1) is 18.6 Å². The van der Waals surface area contributed by atoms with Crippen LogP contribution in [-0.2, 0) is 22.4 Å². The number of carbonyl (C=O) groups is 1. The van der Waals surface area contributed by atoms with Gasteiger partial charge in [0, 0.05) is 38.1 Å². The van der Waals surface area contributed by atoms with Gasteiger partial charge in [0.2, 0.25) is 0 Å². The van der Waals surface area contributed by atoms with E-state index in [4.69, 9.17) is 19.0 Å². The summed E-state index contributed by atoms with van der Waals surface area (Å²) in [5.41, 5.74) is 2.99. The van der Waals surface area contributed by atoms with Crippen LogP contribution >= 0.6 is 0 Å². The Balaban J connectivity index is 1.40. The Labute approximate surface area is 152 Å². The molecule has 7 heteroatoms. The zero-order valence-electron chi connectivity index (χ0n) is 15.1. The lowest BCUT2D eigenvalue weighted by molar-refractivity contribution is 0.0376. The van der Waals surface area contributed by atoms with Gasteiger partial charge in [0.15, 0.2) is 5.76 Å². The highest BCUT2D eigenvalue weighted by Gasteiger charge is 2.26. The van der Waals surface area contributed by atoms with Crippen molar-refractivity contribution in [2.75, 3.05) is 26.4 Å². The maximum absolute atomic E-state index is 12.3. The second-order valence-corrected chi connectivity index (χ2v) is 7.07.